The van der Waals surface area contributed by atoms with Crippen LogP contribution in [0.1, 0.15) is 28.6 Å². The number of carbonyl (C=O) groups is 1. The van der Waals surface area contributed by atoms with Crippen LogP contribution >= 0.6 is 0 Å². The molecule has 0 aliphatic rings. The molecule has 24 heavy (non-hydrogen) atoms. The Labute approximate surface area is 141 Å². The second kappa shape index (κ2) is 6.75. The second-order valence-corrected chi connectivity index (χ2v) is 5.82. The van der Waals surface area contributed by atoms with E-state index < -0.39 is 5.97 Å². The van der Waals surface area contributed by atoms with E-state index in [0.29, 0.717) is 12.4 Å². The monoisotopic (exact) mass is 320 g/mol. The van der Waals surface area contributed by atoms with Gasteiger partial charge in [0.2, 0.25) is 5.76 Å². The molecule has 0 saturated heterocycles. The molecule has 0 amide bonds. The molecule has 0 saturated carbocycles. The largest absolute Gasteiger partial charge is 0.460 e. The molecule has 3 rings (SSSR count). The Balaban J connectivity index is 2.14. The maximum Gasteiger partial charge on any atom is 0.374 e. The van der Waals surface area contributed by atoms with Crippen LogP contribution in [0.25, 0.3) is 22.5 Å². The van der Waals surface area contributed by atoms with Crippen molar-refractivity contribution in [3.8, 4) is 22.5 Å². The summed E-state index contributed by atoms with van der Waals surface area (Å²) in [5.74, 6) is 0.480. The molecule has 0 aliphatic carbocycles. The second-order valence-electron chi connectivity index (χ2n) is 5.82. The third-order valence-corrected chi connectivity index (χ3v) is 3.78. The Morgan fingerprint density at radius 2 is 1.62 bits per heavy atom. The lowest BCUT2D eigenvalue weighted by Crippen LogP contribution is -2.04. The molecular weight excluding hydrogens is 300 g/mol. The Kier molecular flexibility index (Phi) is 4.52. The number of ether oxygens (including phenoxy) is 1. The zero-order valence-electron chi connectivity index (χ0n) is 14.1. The first-order chi connectivity index (χ1) is 11.6. The maximum atomic E-state index is 12.3. The fourth-order valence-corrected chi connectivity index (χ4v) is 2.83. The van der Waals surface area contributed by atoms with Crippen LogP contribution in [0.4, 0.5) is 0 Å². The first-order valence-corrected chi connectivity index (χ1v) is 8.03. The van der Waals surface area contributed by atoms with E-state index in [1.54, 1.807) is 6.92 Å². The minimum atomic E-state index is -0.438. The molecule has 0 fully saturated rings. The van der Waals surface area contributed by atoms with Crippen LogP contribution in [-0.4, -0.2) is 12.6 Å². The Bertz CT molecular complexity index is 840. The summed E-state index contributed by atoms with van der Waals surface area (Å²) in [6.45, 7) is 6.19. The van der Waals surface area contributed by atoms with Crippen LogP contribution in [0.15, 0.2) is 59.0 Å². The first kappa shape index (κ1) is 16.1. The molecule has 1 heterocycles. The molecular formula is C21H20O3. The summed E-state index contributed by atoms with van der Waals surface area (Å²) in [4.78, 5) is 12.3. The summed E-state index contributed by atoms with van der Waals surface area (Å²) in [7, 11) is 0. The molecule has 0 bridgehead atoms. The minimum absolute atomic E-state index is 0.247. The molecule has 3 nitrogen and oxygen atoms in total. The number of rotatable bonds is 4. The molecule has 3 heteroatoms. The molecule has 0 N–H and O–H groups in total. The van der Waals surface area contributed by atoms with E-state index in [1.165, 1.54) is 0 Å². The van der Waals surface area contributed by atoms with Crippen LogP contribution in [0.3, 0.4) is 0 Å². The Morgan fingerprint density at radius 1 is 0.958 bits per heavy atom. The maximum absolute atomic E-state index is 12.3. The van der Waals surface area contributed by atoms with Gasteiger partial charge in [0, 0.05) is 11.1 Å². The number of carbonyl (C=O) groups excluding carboxylic acids is 1. The molecule has 2 aromatic carbocycles. The van der Waals surface area contributed by atoms with E-state index in [4.69, 9.17) is 9.15 Å². The van der Waals surface area contributed by atoms with Crippen molar-refractivity contribution in [3.63, 3.8) is 0 Å². The molecule has 1 aromatic heterocycles. The number of esters is 1. The summed E-state index contributed by atoms with van der Waals surface area (Å²) < 4.78 is 11.1. The van der Waals surface area contributed by atoms with Crippen LogP contribution in [-0.2, 0) is 4.74 Å². The average molecular weight is 320 g/mol. The number of benzene rings is 2. The van der Waals surface area contributed by atoms with Gasteiger partial charge < -0.3 is 9.15 Å². The normalized spacial score (nSPS) is 10.6. The van der Waals surface area contributed by atoms with Crippen LogP contribution in [0.5, 0.6) is 0 Å². The highest BCUT2D eigenvalue weighted by molar-refractivity contribution is 5.96. The lowest BCUT2D eigenvalue weighted by Gasteiger charge is -2.02. The van der Waals surface area contributed by atoms with Crippen molar-refractivity contribution in [1.29, 1.82) is 0 Å². The zero-order valence-corrected chi connectivity index (χ0v) is 14.1. The third kappa shape index (κ3) is 3.25. The summed E-state index contributed by atoms with van der Waals surface area (Å²) in [6, 6.07) is 17.9. The van der Waals surface area contributed by atoms with Crippen molar-refractivity contribution in [2.24, 2.45) is 0 Å². The molecule has 0 atom stereocenters. The van der Waals surface area contributed by atoms with Crippen LogP contribution < -0.4 is 0 Å². The smallest absolute Gasteiger partial charge is 0.374 e. The zero-order chi connectivity index (χ0) is 17.1. The van der Waals surface area contributed by atoms with Crippen LogP contribution in [0, 0.1) is 13.8 Å². The van der Waals surface area contributed by atoms with Gasteiger partial charge in [-0.05, 0) is 44.5 Å². The van der Waals surface area contributed by atoms with Crippen molar-refractivity contribution >= 4 is 5.97 Å². The first-order valence-electron chi connectivity index (χ1n) is 8.03. The van der Waals surface area contributed by atoms with E-state index in [0.717, 1.165) is 27.8 Å². The Hall–Kier alpha value is -2.81. The standard InChI is InChI=1S/C21H20O3/c1-4-23-21(22)20-18(16-8-6-5-7-9-16)13-19(24-20)17-11-14(2)10-15(3)12-17/h5-13H,4H2,1-3H3. The van der Waals surface area contributed by atoms with Gasteiger partial charge in [-0.25, -0.2) is 4.79 Å². The summed E-state index contributed by atoms with van der Waals surface area (Å²) in [5, 5.41) is 0. The molecule has 0 spiro atoms. The van der Waals surface area contributed by atoms with Crippen molar-refractivity contribution in [2.75, 3.05) is 6.61 Å². The molecule has 0 radical (unpaired) electrons. The SMILES string of the molecule is CCOC(=O)c1oc(-c2cc(C)cc(C)c2)cc1-c1ccccc1. The van der Waals surface area contributed by atoms with Crippen LogP contribution in [0.2, 0.25) is 0 Å². The van der Waals surface area contributed by atoms with Gasteiger partial charge in [0.05, 0.1) is 6.61 Å². The van der Waals surface area contributed by atoms with Crippen molar-refractivity contribution in [1.82, 2.24) is 0 Å². The van der Waals surface area contributed by atoms with E-state index in [1.807, 2.05) is 50.2 Å². The van der Waals surface area contributed by atoms with Crippen molar-refractivity contribution in [2.45, 2.75) is 20.8 Å². The lowest BCUT2D eigenvalue weighted by molar-refractivity contribution is 0.0492. The van der Waals surface area contributed by atoms with E-state index in [-0.39, 0.29) is 5.76 Å². The number of aryl methyl sites for hydroxylation is 2. The quantitative estimate of drug-likeness (QED) is 0.604. The number of hydrogen-bond acceptors (Lipinski definition) is 3. The number of hydrogen-bond donors (Lipinski definition) is 0. The predicted molar refractivity (Wildman–Crippen MR) is 95.0 cm³/mol. The van der Waals surface area contributed by atoms with Gasteiger partial charge in [0.25, 0.3) is 0 Å². The number of furan rings is 1. The highest BCUT2D eigenvalue weighted by atomic mass is 16.5. The minimum Gasteiger partial charge on any atom is -0.460 e. The highest BCUT2D eigenvalue weighted by Gasteiger charge is 2.21. The highest BCUT2D eigenvalue weighted by Crippen LogP contribution is 2.33. The van der Waals surface area contributed by atoms with Gasteiger partial charge in [-0.3, -0.25) is 0 Å². The van der Waals surface area contributed by atoms with Gasteiger partial charge in [-0.1, -0.05) is 47.5 Å². The fourth-order valence-electron chi connectivity index (χ4n) is 2.83. The molecule has 0 unspecified atom stereocenters. The summed E-state index contributed by atoms with van der Waals surface area (Å²) >= 11 is 0. The van der Waals surface area contributed by atoms with E-state index in [2.05, 4.69) is 18.2 Å². The van der Waals surface area contributed by atoms with Gasteiger partial charge >= 0.3 is 5.97 Å². The predicted octanol–water partition coefficient (Wildman–Crippen LogP) is 5.41. The Morgan fingerprint density at radius 3 is 2.25 bits per heavy atom. The lowest BCUT2D eigenvalue weighted by atomic mass is 10.0. The van der Waals surface area contributed by atoms with Gasteiger partial charge in [-0.2, -0.15) is 0 Å². The van der Waals surface area contributed by atoms with Gasteiger partial charge in [-0.15, -0.1) is 0 Å². The summed E-state index contributed by atoms with van der Waals surface area (Å²) in [5.41, 5.74) is 4.95. The topological polar surface area (TPSA) is 39.4 Å². The molecule has 3 aromatic rings. The van der Waals surface area contributed by atoms with E-state index in [9.17, 15) is 4.79 Å². The average Bonchev–Trinajstić information content (AvgIpc) is 3.00. The van der Waals surface area contributed by atoms with E-state index >= 15 is 0 Å². The van der Waals surface area contributed by atoms with Gasteiger partial charge in [0.1, 0.15) is 5.76 Å². The van der Waals surface area contributed by atoms with Crippen molar-refractivity contribution in [3.05, 3.63) is 71.5 Å². The van der Waals surface area contributed by atoms with Crippen molar-refractivity contribution < 1.29 is 13.9 Å². The molecule has 0 aliphatic heterocycles. The molecule has 122 valence electrons. The third-order valence-electron chi connectivity index (χ3n) is 3.78. The van der Waals surface area contributed by atoms with Gasteiger partial charge in [0.15, 0.2) is 0 Å². The summed E-state index contributed by atoms with van der Waals surface area (Å²) in [6.07, 6.45) is 0. The fraction of sp³-hybridized carbons (Fsp3) is 0.190.